The summed E-state index contributed by atoms with van der Waals surface area (Å²) in [6.45, 7) is 2.14. The number of aromatic amines is 1. The fraction of sp³-hybridized carbons (Fsp3) is 0.0370. The van der Waals surface area contributed by atoms with E-state index in [1.165, 1.54) is 43.4 Å². The van der Waals surface area contributed by atoms with Gasteiger partial charge in [-0.05, 0) is 42.8 Å². The molecule has 30 heavy (non-hydrogen) atoms. The van der Waals surface area contributed by atoms with Gasteiger partial charge in [-0.15, -0.1) is 0 Å². The fourth-order valence-corrected chi connectivity index (χ4v) is 5.35. The van der Waals surface area contributed by atoms with Crippen molar-refractivity contribution in [2.24, 2.45) is 0 Å². The lowest BCUT2D eigenvalue weighted by molar-refractivity contribution is 1.17. The third-order valence-electron chi connectivity index (χ3n) is 5.64. The lowest BCUT2D eigenvalue weighted by Crippen LogP contribution is -2.15. The monoisotopic (exact) mass is 404 g/mol. The van der Waals surface area contributed by atoms with Gasteiger partial charge in [0.05, 0.1) is 22.8 Å². The first-order chi connectivity index (χ1) is 14.8. The molecular weight excluding hydrogens is 384 g/mol. The van der Waals surface area contributed by atoms with E-state index in [1.54, 1.807) is 0 Å². The molecule has 3 heteroatoms. The van der Waals surface area contributed by atoms with Crippen LogP contribution in [0.1, 0.15) is 5.56 Å². The molecule has 1 aliphatic heterocycles. The largest absolute Gasteiger partial charge is 0.353 e. The number of aryl methyl sites for hydroxylation is 1. The quantitative estimate of drug-likeness (QED) is 0.314. The average molecular weight is 405 g/mol. The van der Waals surface area contributed by atoms with Crippen LogP contribution >= 0.6 is 11.8 Å². The van der Waals surface area contributed by atoms with Crippen LogP contribution in [0.3, 0.4) is 0 Å². The Kier molecular flexibility index (Phi) is 3.96. The summed E-state index contributed by atoms with van der Waals surface area (Å²) in [5.41, 5.74) is 8.40. The minimum atomic E-state index is 1.15. The van der Waals surface area contributed by atoms with Gasteiger partial charge in [0.2, 0.25) is 0 Å². The molecule has 0 spiro atoms. The van der Waals surface area contributed by atoms with Gasteiger partial charge in [-0.2, -0.15) is 0 Å². The van der Waals surface area contributed by atoms with Crippen LogP contribution in [-0.4, -0.2) is 4.98 Å². The van der Waals surface area contributed by atoms with Gasteiger partial charge < -0.3 is 9.88 Å². The number of fused-ring (bicyclic) bond motifs is 3. The van der Waals surface area contributed by atoms with Gasteiger partial charge in [0, 0.05) is 26.3 Å². The lowest BCUT2D eigenvalue weighted by Gasteiger charge is -2.33. The number of rotatable bonds is 2. The van der Waals surface area contributed by atoms with Crippen LogP contribution in [0.4, 0.5) is 17.1 Å². The molecule has 0 unspecified atom stereocenters. The molecule has 0 atom stereocenters. The van der Waals surface area contributed by atoms with Crippen molar-refractivity contribution < 1.29 is 0 Å². The van der Waals surface area contributed by atoms with E-state index in [0.717, 1.165) is 11.2 Å². The van der Waals surface area contributed by atoms with Crippen molar-refractivity contribution in [3.05, 3.63) is 103 Å². The molecule has 4 aromatic carbocycles. The van der Waals surface area contributed by atoms with E-state index in [0.29, 0.717) is 0 Å². The van der Waals surface area contributed by atoms with E-state index in [9.17, 15) is 0 Å². The van der Waals surface area contributed by atoms with Crippen molar-refractivity contribution in [1.29, 1.82) is 0 Å². The number of benzene rings is 4. The summed E-state index contributed by atoms with van der Waals surface area (Å²) in [6, 6.07) is 34.7. The highest BCUT2D eigenvalue weighted by atomic mass is 32.2. The third kappa shape index (κ3) is 2.66. The van der Waals surface area contributed by atoms with Crippen molar-refractivity contribution >= 4 is 39.7 Å². The fourth-order valence-electron chi connectivity index (χ4n) is 4.29. The minimum Gasteiger partial charge on any atom is -0.353 e. The van der Waals surface area contributed by atoms with Crippen LogP contribution in [0.5, 0.6) is 0 Å². The van der Waals surface area contributed by atoms with Crippen molar-refractivity contribution in [2.75, 3.05) is 4.90 Å². The zero-order valence-corrected chi connectivity index (χ0v) is 17.4. The number of nitrogens with one attached hydrogen (secondary N) is 1. The maximum absolute atomic E-state index is 3.73. The molecule has 0 saturated heterocycles. The molecule has 144 valence electrons. The molecule has 0 bridgehead atoms. The number of anilines is 3. The summed E-state index contributed by atoms with van der Waals surface area (Å²) in [5, 5.41) is 1.23. The molecule has 1 N–H and O–H groups in total. The average Bonchev–Trinajstić information content (AvgIpc) is 3.16. The summed E-state index contributed by atoms with van der Waals surface area (Å²) < 4.78 is 0. The molecule has 0 radical (unpaired) electrons. The number of para-hydroxylation sites is 2. The first kappa shape index (κ1) is 17.4. The number of nitrogens with zero attached hydrogens (tertiary/aromatic N) is 1. The van der Waals surface area contributed by atoms with Crippen molar-refractivity contribution in [2.45, 2.75) is 16.7 Å². The van der Waals surface area contributed by atoms with Gasteiger partial charge >= 0.3 is 0 Å². The number of hydrogen-bond acceptors (Lipinski definition) is 2. The highest BCUT2D eigenvalue weighted by molar-refractivity contribution is 7.99. The number of H-pyrrole nitrogens is 1. The predicted octanol–water partition coefficient (Wildman–Crippen LogP) is 8.08. The molecule has 2 nitrogen and oxygen atoms in total. The summed E-state index contributed by atoms with van der Waals surface area (Å²) in [7, 11) is 0. The second kappa shape index (κ2) is 6.82. The van der Waals surface area contributed by atoms with E-state index >= 15 is 0 Å². The first-order valence-electron chi connectivity index (χ1n) is 10.1. The van der Waals surface area contributed by atoms with E-state index in [2.05, 4.69) is 114 Å². The molecule has 1 aromatic heterocycles. The molecular formula is C27H20N2S. The normalized spacial score (nSPS) is 12.6. The molecule has 5 aromatic rings. The molecule has 2 heterocycles. The van der Waals surface area contributed by atoms with Crippen LogP contribution in [0.25, 0.3) is 22.2 Å². The standard InChI is InChI=1S/C27H20N2S/c1-18-15-16-20-21(17-18)28-26(19-9-3-2-4-10-19)27(20)29-22-11-5-7-13-24(22)30-25-14-8-6-12-23(25)29/h2-17,28H,1H3. The van der Waals surface area contributed by atoms with E-state index in [4.69, 9.17) is 0 Å². The Hall–Kier alpha value is -3.43. The zero-order valence-electron chi connectivity index (χ0n) is 16.6. The Morgan fingerprint density at radius 2 is 1.33 bits per heavy atom. The zero-order chi connectivity index (χ0) is 20.1. The first-order valence-corrected chi connectivity index (χ1v) is 10.9. The highest BCUT2D eigenvalue weighted by Crippen LogP contribution is 2.54. The van der Waals surface area contributed by atoms with Gasteiger partial charge in [0.1, 0.15) is 0 Å². The van der Waals surface area contributed by atoms with Crippen molar-refractivity contribution in [3.63, 3.8) is 0 Å². The molecule has 1 aliphatic rings. The van der Waals surface area contributed by atoms with Gasteiger partial charge in [-0.1, -0.05) is 78.5 Å². The smallest absolute Gasteiger partial charge is 0.0797 e. The molecule has 0 amide bonds. The Morgan fingerprint density at radius 1 is 0.700 bits per heavy atom. The number of aromatic nitrogens is 1. The second-order valence-electron chi connectivity index (χ2n) is 7.64. The van der Waals surface area contributed by atoms with Gasteiger partial charge in [-0.3, -0.25) is 0 Å². The van der Waals surface area contributed by atoms with Crippen LogP contribution in [0.2, 0.25) is 0 Å². The molecule has 0 fully saturated rings. The molecule has 0 aliphatic carbocycles. The van der Waals surface area contributed by atoms with Crippen molar-refractivity contribution in [3.8, 4) is 11.3 Å². The maximum atomic E-state index is 3.73. The summed E-state index contributed by atoms with van der Waals surface area (Å²) >= 11 is 1.84. The minimum absolute atomic E-state index is 1.15. The summed E-state index contributed by atoms with van der Waals surface area (Å²) in [5.74, 6) is 0. The maximum Gasteiger partial charge on any atom is 0.0797 e. The summed E-state index contributed by atoms with van der Waals surface area (Å²) in [4.78, 5) is 8.71. The Morgan fingerprint density at radius 3 is 2.03 bits per heavy atom. The van der Waals surface area contributed by atoms with Gasteiger partial charge in [0.25, 0.3) is 0 Å². The SMILES string of the molecule is Cc1ccc2c(N3c4ccccc4Sc4ccccc43)c(-c3ccccc3)[nH]c2c1. The van der Waals surface area contributed by atoms with Crippen LogP contribution in [0, 0.1) is 6.92 Å². The van der Waals surface area contributed by atoms with Crippen LogP contribution in [0.15, 0.2) is 107 Å². The van der Waals surface area contributed by atoms with Crippen LogP contribution in [-0.2, 0) is 0 Å². The van der Waals surface area contributed by atoms with Crippen molar-refractivity contribution in [1.82, 2.24) is 4.98 Å². The Labute approximate surface area is 180 Å². The van der Waals surface area contributed by atoms with Gasteiger partial charge in [0.15, 0.2) is 0 Å². The molecule has 6 rings (SSSR count). The topological polar surface area (TPSA) is 19.0 Å². The Balaban J connectivity index is 1.72. The Bertz CT molecular complexity index is 1340. The molecule has 0 saturated carbocycles. The predicted molar refractivity (Wildman–Crippen MR) is 127 cm³/mol. The van der Waals surface area contributed by atoms with E-state index < -0.39 is 0 Å². The second-order valence-corrected chi connectivity index (χ2v) is 8.72. The highest BCUT2D eigenvalue weighted by Gasteiger charge is 2.28. The number of hydrogen-bond donors (Lipinski definition) is 1. The lowest BCUT2D eigenvalue weighted by atomic mass is 10.1. The van der Waals surface area contributed by atoms with E-state index in [-0.39, 0.29) is 0 Å². The third-order valence-corrected chi connectivity index (χ3v) is 6.78. The summed E-state index contributed by atoms with van der Waals surface area (Å²) in [6.07, 6.45) is 0. The van der Waals surface area contributed by atoms with Crippen LogP contribution < -0.4 is 4.90 Å². The van der Waals surface area contributed by atoms with E-state index in [1.807, 2.05) is 11.8 Å². The van der Waals surface area contributed by atoms with Gasteiger partial charge in [-0.25, -0.2) is 0 Å².